The Morgan fingerprint density at radius 3 is 3.00 bits per heavy atom. The largest absolute Gasteiger partial charge is 0.495 e. The van der Waals surface area contributed by atoms with Crippen LogP contribution in [0.1, 0.15) is 5.56 Å². The van der Waals surface area contributed by atoms with Crippen LogP contribution < -0.4 is 19.5 Å². The summed E-state index contributed by atoms with van der Waals surface area (Å²) in [6.45, 7) is 1.16. The molecule has 0 radical (unpaired) electrons. The number of likely N-dealkylation sites (N-methyl/N-ethyl adjacent to an activating group) is 1. The van der Waals surface area contributed by atoms with Crippen molar-refractivity contribution in [2.24, 2.45) is 0 Å². The summed E-state index contributed by atoms with van der Waals surface area (Å²) in [5.74, 6) is 2.32. The zero-order chi connectivity index (χ0) is 11.5. The fourth-order valence-electron chi connectivity index (χ4n) is 1.70. The number of ether oxygens (including phenoxy) is 3. The van der Waals surface area contributed by atoms with Crippen LogP contribution in [0.5, 0.6) is 17.2 Å². The molecule has 88 valence electrons. The molecule has 1 aromatic rings. The van der Waals surface area contributed by atoms with Crippen molar-refractivity contribution in [3.8, 4) is 17.2 Å². The fourth-order valence-corrected chi connectivity index (χ4v) is 2.43. The molecule has 1 N–H and O–H groups in total. The monoisotopic (exact) mass is 287 g/mol. The smallest absolute Gasteiger partial charge is 0.231 e. The standard InChI is InChI=1S/C11H14BrNO3/c1-13-4-3-7-5-8-11(16-6-15-8)9(12)10(7)14-2/h5,13H,3-4,6H2,1-2H3. The van der Waals surface area contributed by atoms with Gasteiger partial charge < -0.3 is 19.5 Å². The van der Waals surface area contributed by atoms with Gasteiger partial charge in [-0.25, -0.2) is 0 Å². The third kappa shape index (κ3) is 1.97. The normalized spacial score (nSPS) is 12.9. The Morgan fingerprint density at radius 2 is 2.31 bits per heavy atom. The van der Waals surface area contributed by atoms with Gasteiger partial charge in [-0.05, 0) is 42.0 Å². The molecule has 1 aliphatic rings. The lowest BCUT2D eigenvalue weighted by atomic mass is 10.1. The zero-order valence-electron chi connectivity index (χ0n) is 9.30. The highest BCUT2D eigenvalue weighted by Crippen LogP contribution is 2.46. The molecule has 0 unspecified atom stereocenters. The van der Waals surface area contributed by atoms with Gasteiger partial charge in [-0.3, -0.25) is 0 Å². The van der Waals surface area contributed by atoms with Crippen molar-refractivity contribution in [2.45, 2.75) is 6.42 Å². The average molecular weight is 288 g/mol. The molecule has 0 bridgehead atoms. The van der Waals surface area contributed by atoms with Crippen molar-refractivity contribution in [2.75, 3.05) is 27.5 Å². The van der Waals surface area contributed by atoms with E-state index in [1.54, 1.807) is 7.11 Å². The van der Waals surface area contributed by atoms with Crippen LogP contribution in [0.15, 0.2) is 10.5 Å². The summed E-state index contributed by atoms with van der Waals surface area (Å²) in [7, 11) is 3.58. The molecule has 2 rings (SSSR count). The molecule has 1 heterocycles. The van der Waals surface area contributed by atoms with Crippen LogP contribution in [0.25, 0.3) is 0 Å². The predicted octanol–water partition coefficient (Wildman–Crippen LogP) is 1.95. The van der Waals surface area contributed by atoms with Gasteiger partial charge >= 0.3 is 0 Å². The van der Waals surface area contributed by atoms with Crippen molar-refractivity contribution >= 4 is 15.9 Å². The highest BCUT2D eigenvalue weighted by Gasteiger charge is 2.23. The minimum absolute atomic E-state index is 0.270. The van der Waals surface area contributed by atoms with Gasteiger partial charge in [-0.1, -0.05) is 0 Å². The highest BCUT2D eigenvalue weighted by atomic mass is 79.9. The molecule has 1 aromatic carbocycles. The van der Waals surface area contributed by atoms with Gasteiger partial charge in [0.1, 0.15) is 10.2 Å². The third-order valence-corrected chi connectivity index (χ3v) is 3.21. The summed E-state index contributed by atoms with van der Waals surface area (Å²) >= 11 is 3.48. The minimum Gasteiger partial charge on any atom is -0.495 e. The molecule has 16 heavy (non-hydrogen) atoms. The minimum atomic E-state index is 0.270. The van der Waals surface area contributed by atoms with E-state index in [1.165, 1.54) is 0 Å². The number of hydrogen-bond acceptors (Lipinski definition) is 4. The molecular formula is C11H14BrNO3. The number of rotatable bonds is 4. The molecular weight excluding hydrogens is 274 g/mol. The first-order valence-corrected chi connectivity index (χ1v) is 5.86. The van der Waals surface area contributed by atoms with E-state index >= 15 is 0 Å². The SMILES string of the molecule is CNCCc1cc2c(c(Br)c1OC)OCO2. The number of methoxy groups -OCH3 is 1. The lowest BCUT2D eigenvalue weighted by Gasteiger charge is -2.12. The summed E-state index contributed by atoms with van der Waals surface area (Å²) in [4.78, 5) is 0. The maximum Gasteiger partial charge on any atom is 0.231 e. The molecule has 0 atom stereocenters. The summed E-state index contributed by atoms with van der Waals surface area (Å²) in [6, 6.07) is 1.98. The predicted molar refractivity (Wildman–Crippen MR) is 64.4 cm³/mol. The number of hydrogen-bond donors (Lipinski definition) is 1. The summed E-state index contributed by atoms with van der Waals surface area (Å²) < 4.78 is 17.0. The van der Waals surface area contributed by atoms with Crippen LogP contribution in [0.3, 0.4) is 0 Å². The Labute approximate surface area is 103 Å². The lowest BCUT2D eigenvalue weighted by Crippen LogP contribution is -2.11. The molecule has 4 nitrogen and oxygen atoms in total. The van der Waals surface area contributed by atoms with Gasteiger partial charge in [0.2, 0.25) is 6.79 Å². The Balaban J connectivity index is 2.39. The van der Waals surface area contributed by atoms with Crippen LogP contribution in [-0.4, -0.2) is 27.5 Å². The first-order chi connectivity index (χ1) is 7.77. The molecule has 5 heteroatoms. The van der Waals surface area contributed by atoms with Crippen LogP contribution in [0.2, 0.25) is 0 Å². The van der Waals surface area contributed by atoms with Crippen molar-refractivity contribution < 1.29 is 14.2 Å². The van der Waals surface area contributed by atoms with Gasteiger partial charge in [0.05, 0.1) is 7.11 Å². The maximum absolute atomic E-state index is 5.39. The second kappa shape index (κ2) is 4.93. The number of nitrogens with one attached hydrogen (secondary N) is 1. The highest BCUT2D eigenvalue weighted by molar-refractivity contribution is 9.10. The molecule has 0 aromatic heterocycles. The van der Waals surface area contributed by atoms with Crippen LogP contribution in [0.4, 0.5) is 0 Å². The Bertz CT molecular complexity index is 395. The molecule has 0 aliphatic carbocycles. The van der Waals surface area contributed by atoms with Gasteiger partial charge in [0.15, 0.2) is 11.5 Å². The number of halogens is 1. The van der Waals surface area contributed by atoms with Gasteiger partial charge in [0.25, 0.3) is 0 Å². The van der Waals surface area contributed by atoms with E-state index in [9.17, 15) is 0 Å². The van der Waals surface area contributed by atoms with E-state index in [2.05, 4.69) is 21.2 Å². The average Bonchev–Trinajstić information content (AvgIpc) is 2.75. The third-order valence-electron chi connectivity index (χ3n) is 2.49. The quantitative estimate of drug-likeness (QED) is 0.919. The van der Waals surface area contributed by atoms with E-state index < -0.39 is 0 Å². The van der Waals surface area contributed by atoms with Crippen LogP contribution in [0, 0.1) is 0 Å². The van der Waals surface area contributed by atoms with Crippen molar-refractivity contribution in [1.29, 1.82) is 0 Å². The lowest BCUT2D eigenvalue weighted by molar-refractivity contribution is 0.173. The van der Waals surface area contributed by atoms with E-state index in [1.807, 2.05) is 13.1 Å². The molecule has 1 aliphatic heterocycles. The molecule has 0 saturated heterocycles. The second-order valence-corrected chi connectivity index (χ2v) is 4.26. The van der Waals surface area contributed by atoms with Crippen molar-refractivity contribution in [3.63, 3.8) is 0 Å². The first-order valence-electron chi connectivity index (χ1n) is 5.07. The van der Waals surface area contributed by atoms with E-state index in [4.69, 9.17) is 14.2 Å². The molecule has 0 saturated carbocycles. The topological polar surface area (TPSA) is 39.7 Å². The summed E-state index contributed by atoms with van der Waals surface area (Å²) in [5, 5.41) is 3.11. The van der Waals surface area contributed by atoms with Crippen molar-refractivity contribution in [3.05, 3.63) is 16.1 Å². The van der Waals surface area contributed by atoms with Crippen LogP contribution in [-0.2, 0) is 6.42 Å². The van der Waals surface area contributed by atoms with E-state index in [0.29, 0.717) is 0 Å². The van der Waals surface area contributed by atoms with Gasteiger partial charge in [0, 0.05) is 5.56 Å². The zero-order valence-corrected chi connectivity index (χ0v) is 10.9. The summed E-state index contributed by atoms with van der Waals surface area (Å²) in [6.07, 6.45) is 0.884. The Kier molecular flexibility index (Phi) is 3.56. The first kappa shape index (κ1) is 11.5. The molecule has 0 fully saturated rings. The molecule has 0 spiro atoms. The fraction of sp³-hybridized carbons (Fsp3) is 0.455. The second-order valence-electron chi connectivity index (χ2n) is 3.47. The van der Waals surface area contributed by atoms with Crippen molar-refractivity contribution in [1.82, 2.24) is 5.32 Å². The van der Waals surface area contributed by atoms with E-state index in [0.717, 1.165) is 40.3 Å². The number of benzene rings is 1. The van der Waals surface area contributed by atoms with Gasteiger partial charge in [-0.2, -0.15) is 0 Å². The Morgan fingerprint density at radius 1 is 1.50 bits per heavy atom. The van der Waals surface area contributed by atoms with E-state index in [-0.39, 0.29) is 6.79 Å². The Hall–Kier alpha value is -0.940. The maximum atomic E-state index is 5.39. The van der Waals surface area contributed by atoms with Crippen LogP contribution >= 0.6 is 15.9 Å². The number of fused-ring (bicyclic) bond motifs is 1. The summed E-state index contributed by atoms with van der Waals surface area (Å²) in [5.41, 5.74) is 1.10. The van der Waals surface area contributed by atoms with Gasteiger partial charge in [-0.15, -0.1) is 0 Å². The molecule has 0 amide bonds.